The van der Waals surface area contributed by atoms with Crippen LogP contribution < -0.4 is 5.32 Å². The van der Waals surface area contributed by atoms with Gasteiger partial charge in [-0.3, -0.25) is 0 Å². The molecule has 0 radical (unpaired) electrons. The lowest BCUT2D eigenvalue weighted by Gasteiger charge is -1.99. The van der Waals surface area contributed by atoms with Gasteiger partial charge in [0.15, 0.2) is 0 Å². The van der Waals surface area contributed by atoms with E-state index in [4.69, 9.17) is 0 Å². The van der Waals surface area contributed by atoms with Crippen LogP contribution in [0.3, 0.4) is 0 Å². The third kappa shape index (κ3) is 3.08. The first-order valence-corrected chi connectivity index (χ1v) is 4.32. The zero-order valence-electron chi connectivity index (χ0n) is 6.55. The van der Waals surface area contributed by atoms with Gasteiger partial charge in [0.2, 0.25) is 11.6 Å². The van der Waals surface area contributed by atoms with Crippen molar-refractivity contribution in [2.45, 2.75) is 19.8 Å². The number of rotatable bonds is 4. The topological polar surface area (TPSA) is 37.8 Å². The molecule has 0 spiro atoms. The molecule has 0 aromatic carbocycles. The Bertz CT molecular complexity index is 238. The first-order chi connectivity index (χ1) is 5.68. The summed E-state index contributed by atoms with van der Waals surface area (Å²) >= 11 is 1.36. The molecule has 0 aliphatic rings. The van der Waals surface area contributed by atoms with Crippen LogP contribution in [0.25, 0.3) is 0 Å². The summed E-state index contributed by atoms with van der Waals surface area (Å²) in [7, 11) is 0. The lowest BCUT2D eigenvalue weighted by atomic mass is 10.4. The zero-order chi connectivity index (χ0) is 8.97. The summed E-state index contributed by atoms with van der Waals surface area (Å²) in [6.45, 7) is 2.06. The predicted octanol–water partition coefficient (Wildman–Crippen LogP) is 1.91. The number of aromatic nitrogens is 2. The van der Waals surface area contributed by atoms with Crippen LogP contribution >= 0.6 is 11.3 Å². The second-order valence-corrected chi connectivity index (χ2v) is 3.41. The first-order valence-electron chi connectivity index (χ1n) is 3.50. The maximum absolute atomic E-state index is 11.7. The fourth-order valence-electron chi connectivity index (χ4n) is 0.656. The fraction of sp³-hybridized carbons (Fsp3) is 0.667. The van der Waals surface area contributed by atoms with Crippen LogP contribution in [0, 0.1) is 6.92 Å². The number of alkyl halides is 2. The maximum atomic E-state index is 11.7. The molecular formula is C6H9F2N3S. The van der Waals surface area contributed by atoms with Gasteiger partial charge in [0.05, 0.1) is 0 Å². The van der Waals surface area contributed by atoms with Crippen molar-refractivity contribution in [3.63, 3.8) is 0 Å². The molecule has 0 saturated carbocycles. The average molecular weight is 193 g/mol. The molecule has 0 atom stereocenters. The minimum Gasteiger partial charge on any atom is -0.360 e. The quantitative estimate of drug-likeness (QED) is 0.793. The molecule has 1 aromatic heterocycles. The van der Waals surface area contributed by atoms with Crippen molar-refractivity contribution in [1.29, 1.82) is 0 Å². The summed E-state index contributed by atoms with van der Waals surface area (Å²) in [4.78, 5) is 0. The van der Waals surface area contributed by atoms with E-state index < -0.39 is 6.43 Å². The Hall–Kier alpha value is -0.780. The number of anilines is 1. The van der Waals surface area contributed by atoms with E-state index in [1.807, 2.05) is 6.92 Å². The molecule has 0 aliphatic carbocycles. The van der Waals surface area contributed by atoms with E-state index in [2.05, 4.69) is 15.5 Å². The molecule has 0 amide bonds. The number of hydrogen-bond donors (Lipinski definition) is 1. The SMILES string of the molecule is Cc1nnc(NCCC(F)F)s1. The predicted molar refractivity (Wildman–Crippen MR) is 43.8 cm³/mol. The Balaban J connectivity index is 2.24. The minimum atomic E-state index is -2.26. The van der Waals surface area contributed by atoms with Gasteiger partial charge in [0, 0.05) is 13.0 Å². The normalized spacial score (nSPS) is 10.7. The van der Waals surface area contributed by atoms with Crippen LogP contribution in [0.4, 0.5) is 13.9 Å². The summed E-state index contributed by atoms with van der Waals surface area (Å²) in [5.41, 5.74) is 0. The highest BCUT2D eigenvalue weighted by Gasteiger charge is 2.03. The van der Waals surface area contributed by atoms with Crippen LogP contribution in [-0.2, 0) is 0 Å². The number of nitrogens with zero attached hydrogens (tertiary/aromatic N) is 2. The molecule has 1 rings (SSSR count). The molecule has 0 unspecified atom stereocenters. The van der Waals surface area contributed by atoms with Gasteiger partial charge in [-0.05, 0) is 6.92 Å². The number of aryl methyl sites for hydroxylation is 1. The van der Waals surface area contributed by atoms with Crippen LogP contribution in [-0.4, -0.2) is 23.2 Å². The zero-order valence-corrected chi connectivity index (χ0v) is 7.37. The molecule has 6 heteroatoms. The van der Waals surface area contributed by atoms with Crippen molar-refractivity contribution >= 4 is 16.5 Å². The second-order valence-electron chi connectivity index (χ2n) is 2.23. The van der Waals surface area contributed by atoms with E-state index in [1.54, 1.807) is 0 Å². The highest BCUT2D eigenvalue weighted by molar-refractivity contribution is 7.15. The van der Waals surface area contributed by atoms with Crippen LogP contribution in [0.1, 0.15) is 11.4 Å². The van der Waals surface area contributed by atoms with E-state index in [0.29, 0.717) is 5.13 Å². The van der Waals surface area contributed by atoms with Crippen molar-refractivity contribution < 1.29 is 8.78 Å². The summed E-state index contributed by atoms with van der Waals surface area (Å²) in [6, 6.07) is 0. The van der Waals surface area contributed by atoms with Gasteiger partial charge in [-0.2, -0.15) is 0 Å². The molecule has 0 aliphatic heterocycles. The van der Waals surface area contributed by atoms with Crippen LogP contribution in [0.5, 0.6) is 0 Å². The van der Waals surface area contributed by atoms with Gasteiger partial charge in [0.1, 0.15) is 5.01 Å². The van der Waals surface area contributed by atoms with Crippen LogP contribution in [0.2, 0.25) is 0 Å². The second kappa shape index (κ2) is 4.30. The van der Waals surface area contributed by atoms with E-state index >= 15 is 0 Å². The highest BCUT2D eigenvalue weighted by Crippen LogP contribution is 2.13. The molecule has 1 heterocycles. The molecule has 1 aromatic rings. The molecular weight excluding hydrogens is 184 g/mol. The number of hydrogen-bond acceptors (Lipinski definition) is 4. The Morgan fingerprint density at radius 3 is 2.75 bits per heavy atom. The van der Waals surface area contributed by atoms with E-state index in [1.165, 1.54) is 11.3 Å². The Morgan fingerprint density at radius 1 is 1.50 bits per heavy atom. The third-order valence-corrected chi connectivity index (χ3v) is 1.96. The van der Waals surface area contributed by atoms with E-state index in [9.17, 15) is 8.78 Å². The van der Waals surface area contributed by atoms with Gasteiger partial charge in [-0.15, -0.1) is 10.2 Å². The number of halogens is 2. The third-order valence-electron chi connectivity index (χ3n) is 1.16. The van der Waals surface area contributed by atoms with Gasteiger partial charge in [-0.25, -0.2) is 8.78 Å². The molecule has 68 valence electrons. The monoisotopic (exact) mass is 193 g/mol. The van der Waals surface area contributed by atoms with Gasteiger partial charge < -0.3 is 5.32 Å². The molecule has 3 nitrogen and oxygen atoms in total. The smallest absolute Gasteiger partial charge is 0.240 e. The molecule has 0 bridgehead atoms. The highest BCUT2D eigenvalue weighted by atomic mass is 32.1. The van der Waals surface area contributed by atoms with Gasteiger partial charge in [0.25, 0.3) is 0 Å². The lowest BCUT2D eigenvalue weighted by Crippen LogP contribution is -2.05. The van der Waals surface area contributed by atoms with Gasteiger partial charge >= 0.3 is 0 Å². The van der Waals surface area contributed by atoms with Crippen molar-refractivity contribution in [3.05, 3.63) is 5.01 Å². The molecule has 12 heavy (non-hydrogen) atoms. The Labute approximate surface area is 72.8 Å². The van der Waals surface area contributed by atoms with E-state index in [-0.39, 0.29) is 13.0 Å². The Morgan fingerprint density at radius 2 is 2.25 bits per heavy atom. The fourth-order valence-corrected chi connectivity index (χ4v) is 1.27. The summed E-state index contributed by atoms with van der Waals surface area (Å²) < 4.78 is 23.3. The molecule has 0 saturated heterocycles. The molecule has 1 N–H and O–H groups in total. The van der Waals surface area contributed by atoms with E-state index in [0.717, 1.165) is 5.01 Å². The minimum absolute atomic E-state index is 0.154. The summed E-state index contributed by atoms with van der Waals surface area (Å²) in [5.74, 6) is 0. The van der Waals surface area contributed by atoms with Gasteiger partial charge in [-0.1, -0.05) is 11.3 Å². The molecule has 0 fully saturated rings. The number of nitrogens with one attached hydrogen (secondary N) is 1. The lowest BCUT2D eigenvalue weighted by molar-refractivity contribution is 0.142. The van der Waals surface area contributed by atoms with Crippen molar-refractivity contribution in [2.24, 2.45) is 0 Å². The van der Waals surface area contributed by atoms with Crippen LogP contribution in [0.15, 0.2) is 0 Å². The summed E-state index contributed by atoms with van der Waals surface area (Å²) in [5, 5.41) is 11.7. The average Bonchev–Trinajstić information content (AvgIpc) is 2.35. The van der Waals surface area contributed by atoms with Crippen molar-refractivity contribution in [1.82, 2.24) is 10.2 Å². The van der Waals surface area contributed by atoms with Crippen molar-refractivity contribution in [2.75, 3.05) is 11.9 Å². The standard InChI is InChI=1S/C6H9F2N3S/c1-4-10-11-6(12-4)9-3-2-5(7)8/h5H,2-3H2,1H3,(H,9,11). The Kier molecular flexibility index (Phi) is 3.33. The largest absolute Gasteiger partial charge is 0.360 e. The maximum Gasteiger partial charge on any atom is 0.240 e. The summed E-state index contributed by atoms with van der Waals surface area (Å²) in [6.07, 6.45) is -2.41. The van der Waals surface area contributed by atoms with Crippen molar-refractivity contribution in [3.8, 4) is 0 Å². The first kappa shape index (κ1) is 9.31.